The monoisotopic (exact) mass is 197 g/mol. The first kappa shape index (κ1) is 8.85. The average Bonchev–Trinajstić information content (AvgIpc) is 2.02. The van der Waals surface area contributed by atoms with E-state index in [0.717, 1.165) is 23.3 Å². The van der Waals surface area contributed by atoms with Gasteiger partial charge in [0.25, 0.3) is 0 Å². The van der Waals surface area contributed by atoms with Gasteiger partial charge in [-0.3, -0.25) is 0 Å². The number of nitrogens with two attached hydrogens (primary N) is 1. The molecule has 0 spiro atoms. The van der Waals surface area contributed by atoms with Gasteiger partial charge in [0.2, 0.25) is 0 Å². The van der Waals surface area contributed by atoms with E-state index in [-0.39, 0.29) is 6.04 Å². The summed E-state index contributed by atoms with van der Waals surface area (Å²) >= 11 is 5.91. The van der Waals surface area contributed by atoms with Gasteiger partial charge in [0.1, 0.15) is 5.75 Å². The van der Waals surface area contributed by atoms with Crippen molar-refractivity contribution in [2.75, 3.05) is 6.61 Å². The van der Waals surface area contributed by atoms with Gasteiger partial charge in [0.15, 0.2) is 0 Å². The zero-order valence-electron chi connectivity index (χ0n) is 7.51. The zero-order valence-corrected chi connectivity index (χ0v) is 8.27. The summed E-state index contributed by atoms with van der Waals surface area (Å²) in [5, 5.41) is 0.713. The number of hydrogen-bond acceptors (Lipinski definition) is 2. The number of aryl methyl sites for hydroxylation is 1. The lowest BCUT2D eigenvalue weighted by atomic mass is 9.97. The number of halogens is 1. The summed E-state index contributed by atoms with van der Waals surface area (Å²) in [5.41, 5.74) is 8.20. The van der Waals surface area contributed by atoms with Crippen molar-refractivity contribution < 1.29 is 4.74 Å². The first-order valence-corrected chi connectivity index (χ1v) is 4.74. The van der Waals surface area contributed by atoms with Gasteiger partial charge in [0.05, 0.1) is 6.61 Å². The molecule has 1 heterocycles. The summed E-state index contributed by atoms with van der Waals surface area (Å²) in [6, 6.07) is 3.86. The van der Waals surface area contributed by atoms with Gasteiger partial charge in [-0.15, -0.1) is 0 Å². The molecule has 2 rings (SSSR count). The van der Waals surface area contributed by atoms with Crippen LogP contribution in [0.3, 0.4) is 0 Å². The van der Waals surface area contributed by atoms with Crippen LogP contribution in [0.2, 0.25) is 5.02 Å². The van der Waals surface area contributed by atoms with Gasteiger partial charge >= 0.3 is 0 Å². The standard InChI is InChI=1S/C10H12ClNO/c1-6-4-7(11)5-9-10(6)8(12)2-3-13-9/h4-5,8H,2-3,12H2,1H3/t8-/m1/s1. The van der Waals surface area contributed by atoms with Gasteiger partial charge in [0, 0.05) is 23.0 Å². The van der Waals surface area contributed by atoms with Crippen LogP contribution in [0.25, 0.3) is 0 Å². The Morgan fingerprint density at radius 2 is 2.31 bits per heavy atom. The molecular weight excluding hydrogens is 186 g/mol. The van der Waals surface area contributed by atoms with Crippen LogP contribution in [0.1, 0.15) is 23.6 Å². The van der Waals surface area contributed by atoms with Crippen molar-refractivity contribution in [3.63, 3.8) is 0 Å². The van der Waals surface area contributed by atoms with Gasteiger partial charge in [-0.25, -0.2) is 0 Å². The molecule has 0 saturated carbocycles. The third-order valence-corrected chi connectivity index (χ3v) is 2.59. The van der Waals surface area contributed by atoms with Crippen molar-refractivity contribution in [1.82, 2.24) is 0 Å². The second kappa shape index (κ2) is 3.20. The number of benzene rings is 1. The van der Waals surface area contributed by atoms with Gasteiger partial charge in [-0.05, 0) is 24.6 Å². The minimum absolute atomic E-state index is 0.0982. The van der Waals surface area contributed by atoms with Crippen LogP contribution in [-0.2, 0) is 0 Å². The van der Waals surface area contributed by atoms with Crippen LogP contribution in [-0.4, -0.2) is 6.61 Å². The zero-order chi connectivity index (χ0) is 9.42. The highest BCUT2D eigenvalue weighted by Gasteiger charge is 2.20. The molecule has 0 aliphatic carbocycles. The summed E-state index contributed by atoms with van der Waals surface area (Å²) in [7, 11) is 0. The summed E-state index contributed by atoms with van der Waals surface area (Å²) < 4.78 is 5.49. The molecule has 70 valence electrons. The molecule has 13 heavy (non-hydrogen) atoms. The van der Waals surface area contributed by atoms with Crippen molar-refractivity contribution >= 4 is 11.6 Å². The maximum Gasteiger partial charge on any atom is 0.125 e. The molecule has 1 aromatic carbocycles. The molecule has 0 bridgehead atoms. The van der Waals surface area contributed by atoms with E-state index >= 15 is 0 Å². The molecule has 0 amide bonds. The van der Waals surface area contributed by atoms with E-state index in [2.05, 4.69) is 0 Å². The fourth-order valence-electron chi connectivity index (χ4n) is 1.76. The normalized spacial score (nSPS) is 20.7. The quantitative estimate of drug-likeness (QED) is 0.694. The van der Waals surface area contributed by atoms with Crippen molar-refractivity contribution in [3.05, 3.63) is 28.3 Å². The Kier molecular flexibility index (Phi) is 2.18. The average molecular weight is 198 g/mol. The maximum atomic E-state index is 5.97. The van der Waals surface area contributed by atoms with E-state index in [1.807, 2.05) is 19.1 Å². The van der Waals surface area contributed by atoms with Gasteiger partial charge in [-0.2, -0.15) is 0 Å². The van der Waals surface area contributed by atoms with E-state index in [0.29, 0.717) is 11.6 Å². The highest BCUT2D eigenvalue weighted by atomic mass is 35.5. The Hall–Kier alpha value is -0.730. The minimum Gasteiger partial charge on any atom is -0.493 e. The molecule has 0 fully saturated rings. The van der Waals surface area contributed by atoms with Crippen molar-refractivity contribution in [3.8, 4) is 5.75 Å². The molecular formula is C10H12ClNO. The Labute approximate surface area is 82.6 Å². The van der Waals surface area contributed by atoms with Crippen LogP contribution in [0.4, 0.5) is 0 Å². The first-order valence-electron chi connectivity index (χ1n) is 4.37. The number of hydrogen-bond donors (Lipinski definition) is 1. The Bertz CT molecular complexity index is 338. The Morgan fingerprint density at radius 1 is 1.54 bits per heavy atom. The molecule has 0 radical (unpaired) electrons. The fraction of sp³-hybridized carbons (Fsp3) is 0.400. The second-order valence-corrected chi connectivity index (χ2v) is 3.81. The van der Waals surface area contributed by atoms with Gasteiger partial charge in [-0.1, -0.05) is 11.6 Å². The minimum atomic E-state index is 0.0982. The lowest BCUT2D eigenvalue weighted by Crippen LogP contribution is -2.21. The molecule has 0 aromatic heterocycles. The summed E-state index contributed by atoms with van der Waals surface area (Å²) in [6.07, 6.45) is 0.884. The third kappa shape index (κ3) is 1.52. The number of fused-ring (bicyclic) bond motifs is 1. The SMILES string of the molecule is Cc1cc(Cl)cc2c1[C@H](N)CCO2. The topological polar surface area (TPSA) is 35.2 Å². The lowest BCUT2D eigenvalue weighted by Gasteiger charge is -2.24. The summed E-state index contributed by atoms with van der Waals surface area (Å²) in [6.45, 7) is 2.70. The highest BCUT2D eigenvalue weighted by molar-refractivity contribution is 6.30. The molecule has 1 aliphatic rings. The molecule has 1 atom stereocenters. The molecule has 2 nitrogen and oxygen atoms in total. The van der Waals surface area contributed by atoms with E-state index in [1.54, 1.807) is 0 Å². The maximum absolute atomic E-state index is 5.97. The second-order valence-electron chi connectivity index (χ2n) is 3.38. The largest absolute Gasteiger partial charge is 0.493 e. The summed E-state index contributed by atoms with van der Waals surface area (Å²) in [4.78, 5) is 0. The molecule has 2 N–H and O–H groups in total. The highest BCUT2D eigenvalue weighted by Crippen LogP contribution is 2.35. The molecule has 0 unspecified atom stereocenters. The Morgan fingerprint density at radius 3 is 3.08 bits per heavy atom. The van der Waals surface area contributed by atoms with E-state index in [9.17, 15) is 0 Å². The van der Waals surface area contributed by atoms with Crippen LogP contribution in [0.15, 0.2) is 12.1 Å². The van der Waals surface area contributed by atoms with Crippen molar-refractivity contribution in [2.24, 2.45) is 5.73 Å². The van der Waals surface area contributed by atoms with Crippen LogP contribution in [0, 0.1) is 6.92 Å². The molecule has 1 aliphatic heterocycles. The van der Waals surface area contributed by atoms with Gasteiger partial charge < -0.3 is 10.5 Å². The fourth-order valence-corrected chi connectivity index (χ4v) is 2.02. The van der Waals surface area contributed by atoms with Crippen LogP contribution in [0.5, 0.6) is 5.75 Å². The predicted molar refractivity (Wildman–Crippen MR) is 53.2 cm³/mol. The molecule has 1 aromatic rings. The van der Waals surface area contributed by atoms with E-state index < -0.39 is 0 Å². The van der Waals surface area contributed by atoms with Crippen molar-refractivity contribution in [2.45, 2.75) is 19.4 Å². The van der Waals surface area contributed by atoms with Crippen molar-refractivity contribution in [1.29, 1.82) is 0 Å². The first-order chi connectivity index (χ1) is 6.18. The summed E-state index contributed by atoms with van der Waals surface area (Å²) in [5.74, 6) is 0.851. The number of rotatable bonds is 0. The van der Waals surface area contributed by atoms with E-state index in [4.69, 9.17) is 22.1 Å². The smallest absolute Gasteiger partial charge is 0.125 e. The Balaban J connectivity index is 2.56. The van der Waals surface area contributed by atoms with E-state index in [1.165, 1.54) is 0 Å². The third-order valence-electron chi connectivity index (χ3n) is 2.37. The lowest BCUT2D eigenvalue weighted by molar-refractivity contribution is 0.268. The molecule has 0 saturated heterocycles. The number of ether oxygens (including phenoxy) is 1. The molecule has 3 heteroatoms. The predicted octanol–water partition coefficient (Wildman–Crippen LogP) is 2.43. The van der Waals surface area contributed by atoms with Crippen LogP contribution >= 0.6 is 11.6 Å². The van der Waals surface area contributed by atoms with Crippen LogP contribution < -0.4 is 10.5 Å².